The summed E-state index contributed by atoms with van der Waals surface area (Å²) in [6.07, 6.45) is 4.68. The quantitative estimate of drug-likeness (QED) is 0.315. The van der Waals surface area contributed by atoms with Crippen molar-refractivity contribution in [2.24, 2.45) is 0 Å². The molecule has 4 aromatic rings. The van der Waals surface area contributed by atoms with Gasteiger partial charge in [-0.3, -0.25) is 4.90 Å². The third kappa shape index (κ3) is 4.39. The van der Waals surface area contributed by atoms with Crippen LogP contribution in [0.1, 0.15) is 53.0 Å². The molecule has 0 spiro atoms. The first-order valence-electron chi connectivity index (χ1n) is 12.6. The van der Waals surface area contributed by atoms with Crippen LogP contribution in [0.5, 0.6) is 11.5 Å². The average molecular weight is 468 g/mol. The highest BCUT2D eigenvalue weighted by Crippen LogP contribution is 2.45. The number of hydrogen-bond donors (Lipinski definition) is 1. The number of ether oxygens (including phenoxy) is 1. The van der Waals surface area contributed by atoms with E-state index in [-0.39, 0.29) is 17.5 Å². The fourth-order valence-electron chi connectivity index (χ4n) is 5.82. The third-order valence-corrected chi connectivity index (χ3v) is 7.56. The average Bonchev–Trinajstić information content (AvgIpc) is 2.88. The van der Waals surface area contributed by atoms with Gasteiger partial charge in [0, 0.05) is 12.5 Å². The number of phenolic OH excluding ortho intramolecular Hbond substituents is 1. The van der Waals surface area contributed by atoms with Crippen molar-refractivity contribution in [3.63, 3.8) is 0 Å². The molecule has 0 bridgehead atoms. The molecular weight excluding hydrogens is 437 g/mol. The maximum absolute atomic E-state index is 14.4. The van der Waals surface area contributed by atoms with Crippen LogP contribution in [0.3, 0.4) is 0 Å². The number of hydrogen-bond acceptors (Lipinski definition) is 3. The van der Waals surface area contributed by atoms with Gasteiger partial charge in [-0.15, -0.1) is 0 Å². The van der Waals surface area contributed by atoms with Crippen molar-refractivity contribution < 1.29 is 14.2 Å². The zero-order valence-corrected chi connectivity index (χ0v) is 19.8. The first kappa shape index (κ1) is 22.1. The van der Waals surface area contributed by atoms with E-state index in [1.807, 2.05) is 24.3 Å². The standard InChI is InChI=1S/C31H30FNO2/c32-25-9-6-22-18-24-5-4-23-19-26(34)10-13-28(23)31(24)30(29(22)20-25)21-7-11-27(12-8-21)35-17-16-33-14-2-1-3-15-33/h4-13,19-20,30,34H,1-3,14-18H2. The van der Waals surface area contributed by atoms with E-state index in [1.165, 1.54) is 43.5 Å². The fraction of sp³-hybridized carbons (Fsp3) is 0.290. The maximum Gasteiger partial charge on any atom is 0.123 e. The molecule has 1 atom stereocenters. The minimum Gasteiger partial charge on any atom is -0.508 e. The number of aromatic hydroxyl groups is 1. The van der Waals surface area contributed by atoms with Crippen LogP contribution in [0.2, 0.25) is 0 Å². The van der Waals surface area contributed by atoms with Gasteiger partial charge in [-0.25, -0.2) is 4.39 Å². The second kappa shape index (κ2) is 9.35. The summed E-state index contributed by atoms with van der Waals surface area (Å²) in [6, 6.07) is 23.2. The van der Waals surface area contributed by atoms with Gasteiger partial charge in [0.15, 0.2) is 0 Å². The van der Waals surface area contributed by atoms with E-state index in [4.69, 9.17) is 4.74 Å². The molecule has 4 heteroatoms. The fourth-order valence-corrected chi connectivity index (χ4v) is 5.82. The van der Waals surface area contributed by atoms with Crippen LogP contribution in [0.25, 0.3) is 10.8 Å². The van der Waals surface area contributed by atoms with Crippen molar-refractivity contribution in [1.82, 2.24) is 4.90 Å². The molecule has 0 saturated carbocycles. The Morgan fingerprint density at radius 3 is 2.49 bits per heavy atom. The van der Waals surface area contributed by atoms with Crippen molar-refractivity contribution in [3.05, 3.63) is 106 Å². The van der Waals surface area contributed by atoms with Crippen LogP contribution in [-0.4, -0.2) is 36.2 Å². The van der Waals surface area contributed by atoms with Gasteiger partial charge >= 0.3 is 0 Å². The molecule has 3 nitrogen and oxygen atoms in total. The van der Waals surface area contributed by atoms with E-state index in [0.29, 0.717) is 6.61 Å². The lowest BCUT2D eigenvalue weighted by molar-refractivity contribution is 0.183. The molecule has 4 aromatic carbocycles. The van der Waals surface area contributed by atoms with Gasteiger partial charge in [-0.2, -0.15) is 0 Å². The minimum absolute atomic E-state index is 0.0832. The van der Waals surface area contributed by atoms with Crippen LogP contribution in [0.4, 0.5) is 4.39 Å². The van der Waals surface area contributed by atoms with Gasteiger partial charge in [0.25, 0.3) is 0 Å². The molecule has 1 unspecified atom stereocenters. The van der Waals surface area contributed by atoms with Gasteiger partial charge in [0.05, 0.1) is 0 Å². The molecule has 1 heterocycles. The molecule has 6 rings (SSSR count). The van der Waals surface area contributed by atoms with Gasteiger partial charge in [0.1, 0.15) is 23.9 Å². The van der Waals surface area contributed by atoms with Crippen molar-refractivity contribution >= 4 is 10.8 Å². The molecule has 1 N–H and O–H groups in total. The Hall–Kier alpha value is -3.37. The SMILES string of the molecule is Oc1ccc2c3c(ccc2c1)Cc1ccc(F)cc1C3c1ccc(OCCN2CCCCC2)cc1. The molecule has 1 aliphatic heterocycles. The van der Waals surface area contributed by atoms with Gasteiger partial charge < -0.3 is 9.84 Å². The van der Waals surface area contributed by atoms with Crippen molar-refractivity contribution in [2.45, 2.75) is 31.6 Å². The van der Waals surface area contributed by atoms with E-state index in [2.05, 4.69) is 29.2 Å². The van der Waals surface area contributed by atoms with Crippen LogP contribution >= 0.6 is 0 Å². The first-order chi connectivity index (χ1) is 17.2. The molecule has 35 heavy (non-hydrogen) atoms. The topological polar surface area (TPSA) is 32.7 Å². The summed E-state index contributed by atoms with van der Waals surface area (Å²) in [6.45, 7) is 3.99. The normalized spacial score (nSPS) is 17.7. The lowest BCUT2D eigenvalue weighted by atomic mass is 9.73. The van der Waals surface area contributed by atoms with Gasteiger partial charge in [-0.1, -0.05) is 42.8 Å². The Balaban J connectivity index is 1.34. The Morgan fingerprint density at radius 2 is 1.66 bits per heavy atom. The largest absolute Gasteiger partial charge is 0.508 e. The number of rotatable bonds is 5. The molecular formula is C31H30FNO2. The van der Waals surface area contributed by atoms with E-state index in [0.717, 1.165) is 46.2 Å². The number of likely N-dealkylation sites (tertiary alicyclic amines) is 1. The van der Waals surface area contributed by atoms with Gasteiger partial charge in [0.2, 0.25) is 0 Å². The maximum atomic E-state index is 14.4. The Labute approximate surface area is 205 Å². The van der Waals surface area contributed by atoms with E-state index in [1.54, 1.807) is 24.3 Å². The molecule has 1 aliphatic carbocycles. The zero-order chi connectivity index (χ0) is 23.8. The third-order valence-electron chi connectivity index (χ3n) is 7.56. The molecule has 0 radical (unpaired) electrons. The Bertz CT molecular complexity index is 1360. The first-order valence-corrected chi connectivity index (χ1v) is 12.6. The predicted octanol–water partition coefficient (Wildman–Crippen LogP) is 6.63. The zero-order valence-electron chi connectivity index (χ0n) is 19.8. The summed E-state index contributed by atoms with van der Waals surface area (Å²) in [7, 11) is 0. The second-order valence-corrected chi connectivity index (χ2v) is 9.82. The Kier molecular flexibility index (Phi) is 5.91. The van der Waals surface area contributed by atoms with E-state index >= 15 is 0 Å². The lowest BCUT2D eigenvalue weighted by Gasteiger charge is -2.30. The van der Waals surface area contributed by atoms with Crippen LogP contribution in [-0.2, 0) is 6.42 Å². The summed E-state index contributed by atoms with van der Waals surface area (Å²) >= 11 is 0. The van der Waals surface area contributed by atoms with Crippen molar-refractivity contribution in [3.8, 4) is 11.5 Å². The number of fused-ring (bicyclic) bond motifs is 4. The summed E-state index contributed by atoms with van der Waals surface area (Å²) < 4.78 is 20.5. The molecule has 1 fully saturated rings. The van der Waals surface area contributed by atoms with E-state index < -0.39 is 0 Å². The number of benzene rings is 4. The molecule has 178 valence electrons. The van der Waals surface area contributed by atoms with E-state index in [9.17, 15) is 9.50 Å². The number of phenols is 1. The highest BCUT2D eigenvalue weighted by Gasteiger charge is 2.29. The highest BCUT2D eigenvalue weighted by molar-refractivity contribution is 5.90. The number of nitrogens with zero attached hydrogens (tertiary/aromatic N) is 1. The highest BCUT2D eigenvalue weighted by atomic mass is 19.1. The molecule has 1 saturated heterocycles. The van der Waals surface area contributed by atoms with Crippen LogP contribution < -0.4 is 4.74 Å². The summed E-state index contributed by atoms with van der Waals surface area (Å²) in [5.74, 6) is 0.819. The van der Waals surface area contributed by atoms with Crippen molar-refractivity contribution in [2.75, 3.05) is 26.2 Å². The molecule has 2 aliphatic rings. The lowest BCUT2D eigenvalue weighted by Crippen LogP contribution is -2.33. The summed E-state index contributed by atoms with van der Waals surface area (Å²) in [5, 5.41) is 12.1. The van der Waals surface area contributed by atoms with Crippen LogP contribution in [0.15, 0.2) is 72.8 Å². The minimum atomic E-state index is -0.215. The second-order valence-electron chi connectivity index (χ2n) is 9.82. The van der Waals surface area contributed by atoms with Gasteiger partial charge in [-0.05, 0) is 107 Å². The van der Waals surface area contributed by atoms with Crippen molar-refractivity contribution in [1.29, 1.82) is 0 Å². The summed E-state index contributed by atoms with van der Waals surface area (Å²) in [5.41, 5.74) is 5.72. The molecule has 0 aromatic heterocycles. The monoisotopic (exact) mass is 467 g/mol. The predicted molar refractivity (Wildman–Crippen MR) is 138 cm³/mol. The summed E-state index contributed by atoms with van der Waals surface area (Å²) in [4.78, 5) is 2.48. The van der Waals surface area contributed by atoms with Crippen LogP contribution in [0, 0.1) is 5.82 Å². The number of piperidine rings is 1. The number of halogens is 1. The molecule has 0 amide bonds. The Morgan fingerprint density at radius 1 is 0.857 bits per heavy atom. The smallest absolute Gasteiger partial charge is 0.123 e.